The van der Waals surface area contributed by atoms with Crippen LogP contribution in [-0.2, 0) is 0 Å². The Morgan fingerprint density at radius 3 is 1.92 bits per heavy atom. The summed E-state index contributed by atoms with van der Waals surface area (Å²) in [7, 11) is 0. The highest BCUT2D eigenvalue weighted by atomic mass is 14.9. The van der Waals surface area contributed by atoms with E-state index in [9.17, 15) is 0 Å². The first kappa shape index (κ1) is 9.47. The van der Waals surface area contributed by atoms with Gasteiger partial charge in [0.1, 0.15) is 0 Å². The molecule has 0 heterocycles. The molecule has 2 fully saturated rings. The van der Waals surface area contributed by atoms with Crippen molar-refractivity contribution in [3.8, 4) is 0 Å². The summed E-state index contributed by atoms with van der Waals surface area (Å²) in [6.07, 6.45) is 8.74. The molecule has 0 bridgehead atoms. The third-order valence-corrected chi connectivity index (χ3v) is 3.84. The zero-order valence-electron chi connectivity index (χ0n) is 8.47. The van der Waals surface area contributed by atoms with E-state index < -0.39 is 0 Å². The molecule has 0 amide bonds. The van der Waals surface area contributed by atoms with Crippen molar-refractivity contribution in [1.82, 2.24) is 5.32 Å². The number of hydrogen-bond acceptors (Lipinski definition) is 2. The topological polar surface area (TPSA) is 38.0 Å². The second-order valence-electron chi connectivity index (χ2n) is 4.65. The lowest BCUT2D eigenvalue weighted by atomic mass is 9.68. The van der Waals surface area contributed by atoms with E-state index in [1.165, 1.54) is 38.5 Å². The maximum Gasteiger partial charge on any atom is 0.0124 e. The molecule has 2 rings (SSSR count). The van der Waals surface area contributed by atoms with Crippen molar-refractivity contribution < 1.29 is 0 Å². The fourth-order valence-corrected chi connectivity index (χ4v) is 2.57. The highest BCUT2D eigenvalue weighted by molar-refractivity contribution is 4.91. The van der Waals surface area contributed by atoms with Gasteiger partial charge in [-0.3, -0.25) is 0 Å². The molecule has 76 valence electrons. The van der Waals surface area contributed by atoms with Crippen LogP contribution in [0.5, 0.6) is 0 Å². The van der Waals surface area contributed by atoms with Crippen molar-refractivity contribution in [2.24, 2.45) is 17.6 Å². The Morgan fingerprint density at radius 2 is 1.62 bits per heavy atom. The largest absolute Gasteiger partial charge is 0.329 e. The lowest BCUT2D eigenvalue weighted by molar-refractivity contribution is 0.124. The molecule has 0 aromatic heterocycles. The van der Waals surface area contributed by atoms with Crippen molar-refractivity contribution in [3.05, 3.63) is 0 Å². The van der Waals surface area contributed by atoms with Gasteiger partial charge in [-0.05, 0) is 37.5 Å². The van der Waals surface area contributed by atoms with E-state index in [1.54, 1.807) is 0 Å². The van der Waals surface area contributed by atoms with Crippen molar-refractivity contribution >= 4 is 0 Å². The highest BCUT2D eigenvalue weighted by Crippen LogP contribution is 2.39. The number of hydrogen-bond donors (Lipinski definition) is 2. The molecule has 0 spiro atoms. The van der Waals surface area contributed by atoms with Crippen LogP contribution < -0.4 is 11.1 Å². The summed E-state index contributed by atoms with van der Waals surface area (Å²) < 4.78 is 0. The quantitative estimate of drug-likeness (QED) is 0.676. The van der Waals surface area contributed by atoms with Gasteiger partial charge in [-0.1, -0.05) is 12.8 Å². The lowest BCUT2D eigenvalue weighted by Gasteiger charge is -2.43. The monoisotopic (exact) mass is 182 g/mol. The van der Waals surface area contributed by atoms with Gasteiger partial charge in [0.2, 0.25) is 0 Å². The lowest BCUT2D eigenvalue weighted by Crippen LogP contribution is -2.48. The first-order valence-electron chi connectivity index (χ1n) is 5.85. The van der Waals surface area contributed by atoms with Crippen molar-refractivity contribution in [3.63, 3.8) is 0 Å². The van der Waals surface area contributed by atoms with Crippen LogP contribution >= 0.6 is 0 Å². The third-order valence-electron chi connectivity index (χ3n) is 3.84. The molecule has 3 N–H and O–H groups in total. The Labute approximate surface area is 81.3 Å². The van der Waals surface area contributed by atoms with Crippen LogP contribution in [0.25, 0.3) is 0 Å². The van der Waals surface area contributed by atoms with E-state index in [0.717, 1.165) is 31.0 Å². The van der Waals surface area contributed by atoms with Crippen LogP contribution in [0, 0.1) is 11.8 Å². The van der Waals surface area contributed by atoms with E-state index in [1.807, 2.05) is 0 Å². The fourth-order valence-electron chi connectivity index (χ4n) is 2.57. The Kier molecular flexibility index (Phi) is 3.23. The minimum absolute atomic E-state index is 0.788. The molecular formula is C11H22N2. The highest BCUT2D eigenvalue weighted by Gasteiger charge is 2.35. The molecule has 2 aliphatic rings. The van der Waals surface area contributed by atoms with Crippen LogP contribution in [0.4, 0.5) is 0 Å². The van der Waals surface area contributed by atoms with E-state index in [2.05, 4.69) is 5.32 Å². The summed E-state index contributed by atoms with van der Waals surface area (Å²) in [5.41, 5.74) is 5.53. The third kappa shape index (κ3) is 2.05. The zero-order valence-corrected chi connectivity index (χ0v) is 8.47. The van der Waals surface area contributed by atoms with Crippen LogP contribution in [0.1, 0.15) is 38.5 Å². The Balaban J connectivity index is 1.78. The average molecular weight is 182 g/mol. The SMILES string of the molecule is NCCNC(C1CCC1)C1CCC1. The Hall–Kier alpha value is -0.0800. The van der Waals surface area contributed by atoms with Gasteiger partial charge in [-0.2, -0.15) is 0 Å². The number of nitrogens with two attached hydrogens (primary N) is 1. The Bertz CT molecular complexity index is 136. The second kappa shape index (κ2) is 4.43. The average Bonchev–Trinajstić information content (AvgIpc) is 1.93. The summed E-state index contributed by atoms with van der Waals surface area (Å²) in [6.45, 7) is 1.80. The van der Waals surface area contributed by atoms with E-state index in [4.69, 9.17) is 5.73 Å². The summed E-state index contributed by atoms with van der Waals surface area (Å²) in [5.74, 6) is 1.97. The molecule has 0 aliphatic heterocycles. The van der Waals surface area contributed by atoms with E-state index in [-0.39, 0.29) is 0 Å². The van der Waals surface area contributed by atoms with Gasteiger partial charge in [-0.15, -0.1) is 0 Å². The predicted octanol–water partition coefficient (Wildman–Crippen LogP) is 1.50. The molecule has 0 aromatic rings. The molecule has 0 atom stereocenters. The van der Waals surface area contributed by atoms with Gasteiger partial charge in [0.05, 0.1) is 0 Å². The van der Waals surface area contributed by atoms with Crippen LogP contribution in [0.2, 0.25) is 0 Å². The normalized spacial score (nSPS) is 24.5. The summed E-state index contributed by atoms with van der Waals surface area (Å²) >= 11 is 0. The summed E-state index contributed by atoms with van der Waals surface area (Å²) in [5, 5.41) is 3.65. The summed E-state index contributed by atoms with van der Waals surface area (Å²) in [6, 6.07) is 0.811. The van der Waals surface area contributed by atoms with Gasteiger partial charge in [0, 0.05) is 19.1 Å². The second-order valence-corrected chi connectivity index (χ2v) is 4.65. The van der Waals surface area contributed by atoms with Gasteiger partial charge >= 0.3 is 0 Å². The van der Waals surface area contributed by atoms with Gasteiger partial charge in [0.15, 0.2) is 0 Å². The number of rotatable bonds is 5. The molecule has 2 saturated carbocycles. The number of nitrogens with one attached hydrogen (secondary N) is 1. The van der Waals surface area contributed by atoms with Gasteiger partial charge < -0.3 is 11.1 Å². The van der Waals surface area contributed by atoms with Crippen LogP contribution in [0.15, 0.2) is 0 Å². The molecule has 0 radical (unpaired) electrons. The minimum Gasteiger partial charge on any atom is -0.329 e. The van der Waals surface area contributed by atoms with E-state index >= 15 is 0 Å². The first-order valence-corrected chi connectivity index (χ1v) is 5.85. The van der Waals surface area contributed by atoms with Gasteiger partial charge in [0.25, 0.3) is 0 Å². The first-order chi connectivity index (χ1) is 6.42. The molecule has 0 aromatic carbocycles. The predicted molar refractivity (Wildman–Crippen MR) is 55.5 cm³/mol. The molecule has 2 aliphatic carbocycles. The maximum atomic E-state index is 5.53. The standard InChI is InChI=1S/C11H22N2/c12-7-8-13-11(9-3-1-4-9)10-5-2-6-10/h9-11,13H,1-8,12H2. The minimum atomic E-state index is 0.788. The molecule has 13 heavy (non-hydrogen) atoms. The molecular weight excluding hydrogens is 160 g/mol. The van der Waals surface area contributed by atoms with Gasteiger partial charge in [-0.25, -0.2) is 0 Å². The Morgan fingerprint density at radius 1 is 1.08 bits per heavy atom. The zero-order chi connectivity index (χ0) is 9.10. The molecule has 0 saturated heterocycles. The summed E-state index contributed by atoms with van der Waals surface area (Å²) in [4.78, 5) is 0. The van der Waals surface area contributed by atoms with Crippen molar-refractivity contribution in [1.29, 1.82) is 0 Å². The molecule has 2 heteroatoms. The fraction of sp³-hybridized carbons (Fsp3) is 1.00. The van der Waals surface area contributed by atoms with Crippen LogP contribution in [-0.4, -0.2) is 19.1 Å². The smallest absolute Gasteiger partial charge is 0.0124 e. The van der Waals surface area contributed by atoms with Crippen LogP contribution in [0.3, 0.4) is 0 Å². The molecule has 0 unspecified atom stereocenters. The molecule has 2 nitrogen and oxygen atoms in total. The van der Waals surface area contributed by atoms with Crippen molar-refractivity contribution in [2.45, 2.75) is 44.6 Å². The van der Waals surface area contributed by atoms with Crippen molar-refractivity contribution in [2.75, 3.05) is 13.1 Å². The maximum absolute atomic E-state index is 5.53. The van der Waals surface area contributed by atoms with E-state index in [0.29, 0.717) is 0 Å².